The number of halogens is 2. The maximum absolute atomic E-state index is 14.0. The van der Waals surface area contributed by atoms with Crippen LogP contribution in [0.25, 0.3) is 0 Å². The molecule has 0 spiro atoms. The van der Waals surface area contributed by atoms with Gasteiger partial charge in [-0.1, -0.05) is 42.8 Å². The van der Waals surface area contributed by atoms with E-state index in [0.29, 0.717) is 41.6 Å². The van der Waals surface area contributed by atoms with Gasteiger partial charge in [-0.15, -0.1) is 24.8 Å². The van der Waals surface area contributed by atoms with Crippen molar-refractivity contribution < 1.29 is 14.3 Å². The Balaban J connectivity index is 0.00000253. The molecule has 1 aromatic heterocycles. The molecule has 1 aliphatic heterocycles. The van der Waals surface area contributed by atoms with Crippen molar-refractivity contribution >= 4 is 65.6 Å². The second-order valence-electron chi connectivity index (χ2n) is 9.66. The van der Waals surface area contributed by atoms with Crippen molar-refractivity contribution in [3.63, 3.8) is 0 Å². The number of unbranched alkanes of at least 4 members (excludes halogenated alkanes) is 1. The fourth-order valence-corrected chi connectivity index (χ4v) is 4.74. The van der Waals surface area contributed by atoms with Crippen LogP contribution in [0.15, 0.2) is 91.1 Å². The summed E-state index contributed by atoms with van der Waals surface area (Å²) in [6.07, 6.45) is 3.66. The number of amides is 3. The molecule has 1 aliphatic rings. The van der Waals surface area contributed by atoms with E-state index in [9.17, 15) is 9.59 Å². The van der Waals surface area contributed by atoms with Gasteiger partial charge in [0, 0.05) is 17.4 Å². The number of carbonyl (C=O) groups excluding carboxylic acids is 2. The fourth-order valence-electron chi connectivity index (χ4n) is 4.74. The molecule has 0 saturated carbocycles. The summed E-state index contributed by atoms with van der Waals surface area (Å²) in [6, 6.07) is 24.7. The lowest BCUT2D eigenvalue weighted by Crippen LogP contribution is -2.46. The molecule has 12 heteroatoms. The van der Waals surface area contributed by atoms with E-state index in [-0.39, 0.29) is 49.2 Å². The summed E-state index contributed by atoms with van der Waals surface area (Å²) in [5.74, 6) is 0.905. The van der Waals surface area contributed by atoms with Gasteiger partial charge >= 0.3 is 6.03 Å². The number of urea groups is 1. The molecule has 5 rings (SSSR count). The highest BCUT2D eigenvalue weighted by atomic mass is 35.5. The third-order valence-corrected chi connectivity index (χ3v) is 6.91. The summed E-state index contributed by atoms with van der Waals surface area (Å²) in [5, 5.41) is 0. The zero-order valence-electron chi connectivity index (χ0n) is 23.7. The highest BCUT2D eigenvalue weighted by Crippen LogP contribution is 2.37. The predicted molar refractivity (Wildman–Crippen MR) is 174 cm³/mol. The topological polar surface area (TPSA) is 131 Å². The SMILES string of the molecule is COc1ccc(N2Cc3cnc(N(C(=O)[C@@H](N)CCCCN)c4ccccc4)nc3N(c3ccccc3)C2=O)cc1.Cl.Cl. The first-order valence-corrected chi connectivity index (χ1v) is 13.5. The normalized spacial score (nSPS) is 12.9. The van der Waals surface area contributed by atoms with Crippen molar-refractivity contribution in [2.75, 3.05) is 28.4 Å². The first-order valence-electron chi connectivity index (χ1n) is 13.5. The highest BCUT2D eigenvalue weighted by molar-refractivity contribution is 6.10. The number of ether oxygens (including phenoxy) is 1. The predicted octanol–water partition coefficient (Wildman–Crippen LogP) is 5.73. The van der Waals surface area contributed by atoms with E-state index in [2.05, 4.69) is 4.98 Å². The van der Waals surface area contributed by atoms with E-state index >= 15 is 0 Å². The van der Waals surface area contributed by atoms with Crippen LogP contribution >= 0.6 is 24.8 Å². The highest BCUT2D eigenvalue weighted by Gasteiger charge is 2.36. The number of carbonyl (C=O) groups is 2. The van der Waals surface area contributed by atoms with Gasteiger partial charge in [-0.2, -0.15) is 4.98 Å². The maximum Gasteiger partial charge on any atom is 0.335 e. The molecule has 1 atom stereocenters. The Kier molecular flexibility index (Phi) is 11.8. The van der Waals surface area contributed by atoms with E-state index in [4.69, 9.17) is 21.2 Å². The average molecular weight is 625 g/mol. The van der Waals surface area contributed by atoms with Gasteiger partial charge in [-0.25, -0.2) is 19.6 Å². The quantitative estimate of drug-likeness (QED) is 0.216. The third kappa shape index (κ3) is 7.23. The van der Waals surface area contributed by atoms with E-state index in [1.165, 1.54) is 4.90 Å². The van der Waals surface area contributed by atoms with Crippen molar-refractivity contribution in [2.24, 2.45) is 11.5 Å². The number of rotatable bonds is 10. The van der Waals surface area contributed by atoms with E-state index in [1.807, 2.05) is 72.8 Å². The van der Waals surface area contributed by atoms with Crippen molar-refractivity contribution in [2.45, 2.75) is 31.8 Å². The molecule has 3 aromatic carbocycles. The van der Waals surface area contributed by atoms with Gasteiger partial charge in [0.25, 0.3) is 5.91 Å². The minimum Gasteiger partial charge on any atom is -0.497 e. The first kappa shape index (κ1) is 33.3. The third-order valence-electron chi connectivity index (χ3n) is 6.91. The van der Waals surface area contributed by atoms with Gasteiger partial charge in [-0.05, 0) is 67.9 Å². The molecule has 43 heavy (non-hydrogen) atoms. The Hall–Kier alpha value is -4.22. The molecule has 226 valence electrons. The summed E-state index contributed by atoms with van der Waals surface area (Å²) < 4.78 is 5.28. The Bertz CT molecular complexity index is 1490. The maximum atomic E-state index is 14.0. The zero-order chi connectivity index (χ0) is 28.8. The largest absolute Gasteiger partial charge is 0.497 e. The molecular weight excluding hydrogens is 589 g/mol. The Morgan fingerprint density at radius 3 is 2.23 bits per heavy atom. The van der Waals surface area contributed by atoms with Gasteiger partial charge in [0.05, 0.1) is 31.1 Å². The number of fused-ring (bicyclic) bond motifs is 1. The van der Waals surface area contributed by atoms with Crippen molar-refractivity contribution in [1.29, 1.82) is 0 Å². The average Bonchev–Trinajstić information content (AvgIpc) is 3.02. The number of methoxy groups -OCH3 is 1. The number of anilines is 5. The van der Waals surface area contributed by atoms with E-state index < -0.39 is 6.04 Å². The van der Waals surface area contributed by atoms with Crippen LogP contribution < -0.4 is 30.9 Å². The molecule has 2 heterocycles. The second-order valence-corrected chi connectivity index (χ2v) is 9.66. The fraction of sp³-hybridized carbons (Fsp3) is 0.226. The molecule has 4 N–H and O–H groups in total. The number of para-hydroxylation sites is 2. The molecular formula is C31H35Cl2N7O3. The number of aromatic nitrogens is 2. The van der Waals surface area contributed by atoms with Gasteiger partial charge in [0.15, 0.2) is 5.82 Å². The van der Waals surface area contributed by atoms with Crippen molar-refractivity contribution in [1.82, 2.24) is 9.97 Å². The van der Waals surface area contributed by atoms with Gasteiger partial charge < -0.3 is 16.2 Å². The molecule has 3 amide bonds. The van der Waals surface area contributed by atoms with Gasteiger partial charge in [-0.3, -0.25) is 9.69 Å². The van der Waals surface area contributed by atoms with Crippen molar-refractivity contribution in [3.8, 4) is 5.75 Å². The molecule has 0 saturated heterocycles. The molecule has 0 aliphatic carbocycles. The summed E-state index contributed by atoms with van der Waals surface area (Å²) in [6.45, 7) is 0.788. The zero-order valence-corrected chi connectivity index (χ0v) is 25.3. The van der Waals surface area contributed by atoms with Gasteiger partial charge in [0.2, 0.25) is 5.95 Å². The number of nitrogens with zero attached hydrogens (tertiary/aromatic N) is 5. The molecule has 0 radical (unpaired) electrons. The molecule has 10 nitrogen and oxygen atoms in total. The number of hydrogen-bond acceptors (Lipinski definition) is 7. The van der Waals surface area contributed by atoms with Crippen LogP contribution in [-0.4, -0.2) is 41.6 Å². The monoisotopic (exact) mass is 623 g/mol. The molecule has 0 fully saturated rings. The number of benzene rings is 3. The van der Waals surface area contributed by atoms with Crippen LogP contribution in [0.5, 0.6) is 5.75 Å². The first-order chi connectivity index (χ1) is 20.0. The lowest BCUT2D eigenvalue weighted by Gasteiger charge is -2.36. The van der Waals surface area contributed by atoms with Gasteiger partial charge in [0.1, 0.15) is 5.75 Å². The van der Waals surface area contributed by atoms with Crippen LogP contribution in [0.1, 0.15) is 24.8 Å². The number of nitrogens with two attached hydrogens (primary N) is 2. The van der Waals surface area contributed by atoms with Crippen LogP contribution in [-0.2, 0) is 11.3 Å². The van der Waals surface area contributed by atoms with E-state index in [1.54, 1.807) is 35.2 Å². The van der Waals surface area contributed by atoms with Crippen LogP contribution in [0.2, 0.25) is 0 Å². The number of hydrogen-bond donors (Lipinski definition) is 2. The smallest absolute Gasteiger partial charge is 0.335 e. The summed E-state index contributed by atoms with van der Waals surface area (Å²) in [5.41, 5.74) is 14.6. The van der Waals surface area contributed by atoms with Crippen LogP contribution in [0.3, 0.4) is 0 Å². The molecule has 0 unspecified atom stereocenters. The summed E-state index contributed by atoms with van der Waals surface area (Å²) in [7, 11) is 1.60. The minimum absolute atomic E-state index is 0. The second kappa shape index (κ2) is 15.3. The lowest BCUT2D eigenvalue weighted by atomic mass is 10.1. The molecule has 4 aromatic rings. The Labute approximate surface area is 263 Å². The summed E-state index contributed by atoms with van der Waals surface area (Å²) in [4.78, 5) is 41.8. The molecule has 0 bridgehead atoms. The summed E-state index contributed by atoms with van der Waals surface area (Å²) >= 11 is 0. The standard InChI is InChI=1S/C31H33N7O3.2ClH/c1-41-26-17-15-23(16-18-26)36-21-22-20-34-30(35-28(22)37(31(36)40)24-10-4-2-5-11-24)38(25-12-6-3-7-13-25)29(39)27(33)14-8-9-19-32;;/h2-7,10-13,15-18,20,27H,8-9,14,19,21,32-33H2,1H3;2*1H/t27-;;/m0../s1. The van der Waals surface area contributed by atoms with Crippen LogP contribution in [0, 0.1) is 0 Å². The van der Waals surface area contributed by atoms with Crippen molar-refractivity contribution in [3.05, 3.63) is 96.7 Å². The Morgan fingerprint density at radius 1 is 0.953 bits per heavy atom. The minimum atomic E-state index is -0.765. The van der Waals surface area contributed by atoms with Crippen LogP contribution in [0.4, 0.5) is 33.6 Å². The lowest BCUT2D eigenvalue weighted by molar-refractivity contribution is -0.119. The van der Waals surface area contributed by atoms with E-state index in [0.717, 1.165) is 18.4 Å². The Morgan fingerprint density at radius 2 is 1.60 bits per heavy atom.